The molecule has 108 valence electrons. The average Bonchev–Trinajstić information content (AvgIpc) is 2.47. The Hall–Kier alpha value is -2.14. The number of carbonyl (C=O) groups is 1. The quantitative estimate of drug-likeness (QED) is 0.667. The molecule has 5 heteroatoms. The van der Waals surface area contributed by atoms with E-state index in [4.69, 9.17) is 4.74 Å². The third kappa shape index (κ3) is 5.04. The van der Waals surface area contributed by atoms with Crippen molar-refractivity contribution < 1.29 is 9.53 Å². The number of ether oxygens (including phenoxy) is 1. The number of aryl methyl sites for hydroxylation is 1. The van der Waals surface area contributed by atoms with Gasteiger partial charge in [0.1, 0.15) is 5.75 Å². The first-order valence-corrected chi connectivity index (χ1v) is 7.20. The number of carbonyl (C=O) groups excluding carboxylic acids is 1. The van der Waals surface area contributed by atoms with E-state index >= 15 is 0 Å². The van der Waals surface area contributed by atoms with Crippen LogP contribution in [-0.4, -0.2) is 18.7 Å². The molecule has 0 heterocycles. The number of nitrogens with zero attached hydrogens (tertiary/aromatic N) is 1. The Morgan fingerprint density at radius 3 is 2.76 bits per heavy atom. The van der Waals surface area contributed by atoms with Crippen LogP contribution in [-0.2, 0) is 4.79 Å². The van der Waals surface area contributed by atoms with Gasteiger partial charge in [0.15, 0.2) is 6.61 Å². The minimum Gasteiger partial charge on any atom is -0.483 e. The van der Waals surface area contributed by atoms with Crippen molar-refractivity contribution in [1.82, 2.24) is 5.43 Å². The maximum atomic E-state index is 11.6. The van der Waals surface area contributed by atoms with Gasteiger partial charge in [-0.2, -0.15) is 5.10 Å². The zero-order valence-corrected chi connectivity index (χ0v) is 13.1. The molecule has 2 aromatic carbocycles. The first kappa shape index (κ1) is 15.3. The van der Waals surface area contributed by atoms with E-state index in [1.54, 1.807) is 6.21 Å². The summed E-state index contributed by atoms with van der Waals surface area (Å²) in [6, 6.07) is 15.2. The molecule has 0 aromatic heterocycles. The number of halogens is 1. The van der Waals surface area contributed by atoms with Gasteiger partial charge >= 0.3 is 0 Å². The molecule has 0 unspecified atom stereocenters. The summed E-state index contributed by atoms with van der Waals surface area (Å²) in [6.45, 7) is 1.90. The smallest absolute Gasteiger partial charge is 0.277 e. The molecule has 0 atom stereocenters. The lowest BCUT2D eigenvalue weighted by Crippen LogP contribution is -2.24. The third-order valence-electron chi connectivity index (χ3n) is 2.65. The van der Waals surface area contributed by atoms with Crippen molar-refractivity contribution in [3.05, 3.63) is 64.1 Å². The van der Waals surface area contributed by atoms with Gasteiger partial charge < -0.3 is 4.74 Å². The summed E-state index contributed by atoms with van der Waals surface area (Å²) in [4.78, 5) is 11.6. The van der Waals surface area contributed by atoms with Crippen LogP contribution in [0.5, 0.6) is 5.75 Å². The van der Waals surface area contributed by atoms with Gasteiger partial charge in [-0.3, -0.25) is 4.79 Å². The first-order valence-electron chi connectivity index (χ1n) is 6.41. The Labute approximate surface area is 132 Å². The fourth-order valence-electron chi connectivity index (χ4n) is 1.62. The second-order valence-electron chi connectivity index (χ2n) is 4.43. The predicted octanol–water partition coefficient (Wildman–Crippen LogP) is 3.29. The van der Waals surface area contributed by atoms with Gasteiger partial charge in [0, 0.05) is 0 Å². The lowest BCUT2D eigenvalue weighted by molar-refractivity contribution is -0.123. The summed E-state index contributed by atoms with van der Waals surface area (Å²) in [6.07, 6.45) is 1.58. The maximum absolute atomic E-state index is 11.6. The summed E-state index contributed by atoms with van der Waals surface area (Å²) in [5.74, 6) is 0.317. The minimum atomic E-state index is -0.311. The number of hydrogen-bond donors (Lipinski definition) is 1. The SMILES string of the molecule is Cc1ccc(OCC(=O)N/N=C/c2ccccc2)c(Br)c1. The highest BCUT2D eigenvalue weighted by molar-refractivity contribution is 9.10. The van der Waals surface area contributed by atoms with Gasteiger partial charge in [0.05, 0.1) is 10.7 Å². The van der Waals surface area contributed by atoms with E-state index in [2.05, 4.69) is 26.5 Å². The van der Waals surface area contributed by atoms with E-state index in [-0.39, 0.29) is 12.5 Å². The highest BCUT2D eigenvalue weighted by Crippen LogP contribution is 2.25. The molecule has 1 N–H and O–H groups in total. The highest BCUT2D eigenvalue weighted by atomic mass is 79.9. The molecule has 2 aromatic rings. The van der Waals surface area contributed by atoms with E-state index in [1.165, 1.54) is 0 Å². The molecule has 0 radical (unpaired) electrons. The largest absolute Gasteiger partial charge is 0.483 e. The van der Waals surface area contributed by atoms with Crippen molar-refractivity contribution in [2.45, 2.75) is 6.92 Å². The van der Waals surface area contributed by atoms with Crippen molar-refractivity contribution in [3.8, 4) is 5.75 Å². The molecule has 2 rings (SSSR count). The maximum Gasteiger partial charge on any atom is 0.277 e. The van der Waals surface area contributed by atoms with E-state index in [0.29, 0.717) is 5.75 Å². The molecule has 0 bridgehead atoms. The van der Waals surface area contributed by atoms with Crippen LogP contribution in [0, 0.1) is 6.92 Å². The zero-order chi connectivity index (χ0) is 15.1. The van der Waals surface area contributed by atoms with Gasteiger partial charge in [0.2, 0.25) is 0 Å². The van der Waals surface area contributed by atoms with Crippen LogP contribution in [0.1, 0.15) is 11.1 Å². The average molecular weight is 347 g/mol. The third-order valence-corrected chi connectivity index (χ3v) is 3.27. The Balaban J connectivity index is 1.81. The minimum absolute atomic E-state index is 0.0895. The lowest BCUT2D eigenvalue weighted by atomic mass is 10.2. The second kappa shape index (κ2) is 7.59. The number of benzene rings is 2. The van der Waals surface area contributed by atoms with Crippen LogP contribution in [0.15, 0.2) is 58.1 Å². The highest BCUT2D eigenvalue weighted by Gasteiger charge is 2.04. The first-order chi connectivity index (χ1) is 10.1. The van der Waals surface area contributed by atoms with Crippen LogP contribution in [0.3, 0.4) is 0 Å². The fraction of sp³-hybridized carbons (Fsp3) is 0.125. The summed E-state index contributed by atoms with van der Waals surface area (Å²) < 4.78 is 6.25. The van der Waals surface area contributed by atoms with Crippen LogP contribution >= 0.6 is 15.9 Å². The second-order valence-corrected chi connectivity index (χ2v) is 5.28. The Bertz CT molecular complexity index is 642. The summed E-state index contributed by atoms with van der Waals surface area (Å²) in [5.41, 5.74) is 4.46. The van der Waals surface area contributed by atoms with Gasteiger partial charge in [-0.25, -0.2) is 5.43 Å². The van der Waals surface area contributed by atoms with E-state index in [1.807, 2.05) is 55.5 Å². The number of hydrogen-bond acceptors (Lipinski definition) is 3. The molecular formula is C16H15BrN2O2. The Morgan fingerprint density at radius 1 is 1.29 bits per heavy atom. The monoisotopic (exact) mass is 346 g/mol. The number of amides is 1. The topological polar surface area (TPSA) is 50.7 Å². The van der Waals surface area contributed by atoms with Crippen molar-refractivity contribution >= 4 is 28.1 Å². The van der Waals surface area contributed by atoms with Crippen LogP contribution < -0.4 is 10.2 Å². The van der Waals surface area contributed by atoms with E-state index < -0.39 is 0 Å². The predicted molar refractivity (Wildman–Crippen MR) is 86.6 cm³/mol. The van der Waals surface area contributed by atoms with E-state index in [9.17, 15) is 4.79 Å². The molecule has 0 aliphatic carbocycles. The van der Waals surface area contributed by atoms with Crippen molar-refractivity contribution in [2.75, 3.05) is 6.61 Å². The van der Waals surface area contributed by atoms with Gasteiger partial charge in [-0.05, 0) is 46.1 Å². The van der Waals surface area contributed by atoms with Gasteiger partial charge in [-0.15, -0.1) is 0 Å². The number of nitrogens with one attached hydrogen (secondary N) is 1. The Morgan fingerprint density at radius 2 is 2.05 bits per heavy atom. The molecule has 0 saturated heterocycles. The summed E-state index contributed by atoms with van der Waals surface area (Å²) >= 11 is 3.39. The van der Waals surface area contributed by atoms with Gasteiger partial charge in [0.25, 0.3) is 5.91 Å². The summed E-state index contributed by atoms with van der Waals surface area (Å²) in [7, 11) is 0. The van der Waals surface area contributed by atoms with Crippen molar-refractivity contribution in [1.29, 1.82) is 0 Å². The number of hydrazone groups is 1. The molecule has 0 fully saturated rings. The fourth-order valence-corrected chi connectivity index (χ4v) is 2.22. The molecular weight excluding hydrogens is 332 g/mol. The molecule has 21 heavy (non-hydrogen) atoms. The molecule has 0 aliphatic heterocycles. The van der Waals surface area contributed by atoms with E-state index in [0.717, 1.165) is 15.6 Å². The zero-order valence-electron chi connectivity index (χ0n) is 11.5. The molecule has 4 nitrogen and oxygen atoms in total. The standard InChI is InChI=1S/C16H15BrN2O2/c1-12-7-8-15(14(17)9-12)21-11-16(20)19-18-10-13-5-3-2-4-6-13/h2-10H,11H2,1H3,(H,19,20)/b18-10+. The molecule has 0 aliphatic rings. The normalized spacial score (nSPS) is 10.6. The molecule has 0 spiro atoms. The van der Waals surface area contributed by atoms with Crippen LogP contribution in [0.4, 0.5) is 0 Å². The van der Waals surface area contributed by atoms with Gasteiger partial charge in [-0.1, -0.05) is 36.4 Å². The van der Waals surface area contributed by atoms with Crippen molar-refractivity contribution in [2.24, 2.45) is 5.10 Å². The lowest BCUT2D eigenvalue weighted by Gasteiger charge is -2.07. The number of rotatable bonds is 5. The Kier molecular flexibility index (Phi) is 5.51. The van der Waals surface area contributed by atoms with Crippen LogP contribution in [0.25, 0.3) is 0 Å². The molecule has 1 amide bonds. The molecule has 0 saturated carbocycles. The van der Waals surface area contributed by atoms with Crippen LogP contribution in [0.2, 0.25) is 0 Å². The summed E-state index contributed by atoms with van der Waals surface area (Å²) in [5, 5.41) is 3.87. The van der Waals surface area contributed by atoms with Crippen molar-refractivity contribution in [3.63, 3.8) is 0 Å².